The molecule has 0 amide bonds. The molecule has 4 nitrogen and oxygen atoms in total. The summed E-state index contributed by atoms with van der Waals surface area (Å²) in [5.74, 6) is 0. The highest BCUT2D eigenvalue weighted by Gasteiger charge is 2.28. The molecule has 1 aliphatic heterocycles. The van der Waals surface area contributed by atoms with Crippen molar-refractivity contribution in [2.75, 3.05) is 39.3 Å². The zero-order valence-electron chi connectivity index (χ0n) is 14.7. The van der Waals surface area contributed by atoms with Crippen LogP contribution < -0.4 is 11.1 Å². The third-order valence-electron chi connectivity index (χ3n) is 3.43. The first-order valence-electron chi connectivity index (χ1n) is 7.89. The van der Waals surface area contributed by atoms with Crippen molar-refractivity contribution >= 4 is 0 Å². The van der Waals surface area contributed by atoms with Gasteiger partial charge < -0.3 is 11.1 Å². The van der Waals surface area contributed by atoms with E-state index < -0.39 is 0 Å². The fourth-order valence-electron chi connectivity index (χ4n) is 3.30. The number of nitrogens with one attached hydrogen (secondary N) is 1. The van der Waals surface area contributed by atoms with Gasteiger partial charge in [-0.1, -0.05) is 0 Å². The first-order valence-corrected chi connectivity index (χ1v) is 7.89. The SMILES string of the molecule is CC(C)(N)CN1CCN(CC(C)(C)NC(C)(C)C)CC1. The van der Waals surface area contributed by atoms with Crippen LogP contribution in [0.3, 0.4) is 0 Å². The minimum absolute atomic E-state index is 0.0881. The second kappa shape index (κ2) is 6.30. The predicted molar refractivity (Wildman–Crippen MR) is 88.1 cm³/mol. The summed E-state index contributed by atoms with van der Waals surface area (Å²) in [5, 5.41) is 3.72. The smallest absolute Gasteiger partial charge is 0.0256 e. The number of nitrogens with two attached hydrogens (primary N) is 1. The zero-order chi connectivity index (χ0) is 15.6. The van der Waals surface area contributed by atoms with E-state index in [4.69, 9.17) is 5.73 Å². The quantitative estimate of drug-likeness (QED) is 0.803. The van der Waals surface area contributed by atoms with Crippen LogP contribution in [0.1, 0.15) is 48.5 Å². The van der Waals surface area contributed by atoms with Gasteiger partial charge in [0.15, 0.2) is 0 Å². The lowest BCUT2D eigenvalue weighted by Gasteiger charge is -2.43. The van der Waals surface area contributed by atoms with E-state index >= 15 is 0 Å². The van der Waals surface area contributed by atoms with Gasteiger partial charge in [-0.25, -0.2) is 0 Å². The highest BCUT2D eigenvalue weighted by atomic mass is 15.3. The van der Waals surface area contributed by atoms with E-state index in [1.807, 2.05) is 0 Å². The van der Waals surface area contributed by atoms with Gasteiger partial charge in [0, 0.05) is 55.9 Å². The van der Waals surface area contributed by atoms with Gasteiger partial charge in [-0.3, -0.25) is 9.80 Å². The maximum atomic E-state index is 6.11. The van der Waals surface area contributed by atoms with Gasteiger partial charge in [-0.05, 0) is 48.5 Å². The fourth-order valence-corrected chi connectivity index (χ4v) is 3.30. The average Bonchev–Trinajstić information content (AvgIpc) is 2.14. The molecule has 1 rings (SSSR count). The van der Waals surface area contributed by atoms with E-state index in [1.54, 1.807) is 0 Å². The van der Waals surface area contributed by atoms with Gasteiger partial charge in [0.05, 0.1) is 0 Å². The molecule has 0 unspecified atom stereocenters. The van der Waals surface area contributed by atoms with E-state index in [0.29, 0.717) is 0 Å². The molecule has 120 valence electrons. The molecule has 0 saturated carbocycles. The van der Waals surface area contributed by atoms with Crippen LogP contribution in [-0.2, 0) is 0 Å². The van der Waals surface area contributed by atoms with Crippen molar-refractivity contribution in [2.45, 2.75) is 65.1 Å². The second-order valence-electron chi connectivity index (χ2n) is 8.80. The van der Waals surface area contributed by atoms with Gasteiger partial charge in [0.2, 0.25) is 0 Å². The number of nitrogens with zero attached hydrogens (tertiary/aromatic N) is 2. The number of hydrogen-bond donors (Lipinski definition) is 2. The van der Waals surface area contributed by atoms with Crippen molar-refractivity contribution < 1.29 is 0 Å². The van der Waals surface area contributed by atoms with Gasteiger partial charge in [0.25, 0.3) is 0 Å². The lowest BCUT2D eigenvalue weighted by molar-refractivity contribution is 0.0903. The largest absolute Gasteiger partial charge is 0.324 e. The molecule has 1 heterocycles. The maximum absolute atomic E-state index is 6.11. The zero-order valence-corrected chi connectivity index (χ0v) is 14.7. The van der Waals surface area contributed by atoms with Gasteiger partial charge in [-0.15, -0.1) is 0 Å². The Kier molecular flexibility index (Phi) is 5.64. The fraction of sp³-hybridized carbons (Fsp3) is 1.00. The Morgan fingerprint density at radius 3 is 1.55 bits per heavy atom. The van der Waals surface area contributed by atoms with Gasteiger partial charge in [0.1, 0.15) is 0 Å². The molecule has 0 atom stereocenters. The van der Waals surface area contributed by atoms with Crippen LogP contribution in [0, 0.1) is 0 Å². The minimum atomic E-state index is -0.0881. The molecule has 0 aromatic rings. The molecule has 0 aromatic carbocycles. The molecule has 1 saturated heterocycles. The Morgan fingerprint density at radius 2 is 1.20 bits per heavy atom. The highest BCUT2D eigenvalue weighted by Crippen LogP contribution is 2.14. The molecule has 0 aromatic heterocycles. The molecule has 0 aliphatic carbocycles. The first kappa shape index (κ1) is 17.9. The Labute approximate surface area is 126 Å². The third-order valence-corrected chi connectivity index (χ3v) is 3.43. The Morgan fingerprint density at radius 1 is 0.800 bits per heavy atom. The predicted octanol–water partition coefficient (Wildman–Crippen LogP) is 1.51. The molecule has 1 aliphatic rings. The van der Waals surface area contributed by atoms with Gasteiger partial charge >= 0.3 is 0 Å². The molecule has 20 heavy (non-hydrogen) atoms. The highest BCUT2D eigenvalue weighted by molar-refractivity contribution is 4.90. The summed E-state index contributed by atoms with van der Waals surface area (Å²) < 4.78 is 0. The van der Waals surface area contributed by atoms with Crippen LogP contribution in [0.5, 0.6) is 0 Å². The third kappa shape index (κ3) is 7.58. The lowest BCUT2D eigenvalue weighted by atomic mass is 9.98. The number of rotatable bonds is 5. The summed E-state index contributed by atoms with van der Waals surface area (Å²) in [6.45, 7) is 22.2. The topological polar surface area (TPSA) is 44.5 Å². The van der Waals surface area contributed by atoms with Crippen molar-refractivity contribution in [1.29, 1.82) is 0 Å². The van der Waals surface area contributed by atoms with E-state index in [2.05, 4.69) is 63.6 Å². The lowest BCUT2D eigenvalue weighted by Crippen LogP contribution is -2.59. The molecule has 0 bridgehead atoms. The molecule has 1 fully saturated rings. The second-order valence-corrected chi connectivity index (χ2v) is 8.80. The van der Waals surface area contributed by atoms with Crippen LogP contribution in [0.2, 0.25) is 0 Å². The van der Waals surface area contributed by atoms with Crippen LogP contribution in [0.4, 0.5) is 0 Å². The Bertz CT molecular complexity index is 291. The first-order chi connectivity index (χ1) is 8.86. The molecule has 0 spiro atoms. The summed E-state index contributed by atoms with van der Waals surface area (Å²) >= 11 is 0. The molecule has 3 N–H and O–H groups in total. The molecule has 4 heteroatoms. The van der Waals surface area contributed by atoms with E-state index in [0.717, 1.165) is 39.3 Å². The monoisotopic (exact) mass is 284 g/mol. The number of hydrogen-bond acceptors (Lipinski definition) is 4. The maximum Gasteiger partial charge on any atom is 0.0256 e. The standard InChI is InChI=1S/C16H36N4/c1-14(2,3)18-16(6,7)13-20-10-8-19(9-11-20)12-15(4,5)17/h18H,8-13,17H2,1-7H3. The van der Waals surface area contributed by atoms with E-state index in [9.17, 15) is 0 Å². The molecule has 0 radical (unpaired) electrons. The Hall–Kier alpha value is -0.160. The summed E-state index contributed by atoms with van der Waals surface area (Å²) in [7, 11) is 0. The van der Waals surface area contributed by atoms with Crippen molar-refractivity contribution in [3.05, 3.63) is 0 Å². The summed E-state index contributed by atoms with van der Waals surface area (Å²) in [6, 6.07) is 0. The van der Waals surface area contributed by atoms with Crippen molar-refractivity contribution in [1.82, 2.24) is 15.1 Å². The van der Waals surface area contributed by atoms with Crippen molar-refractivity contribution in [3.63, 3.8) is 0 Å². The normalized spacial score (nSPS) is 20.4. The number of piperazine rings is 1. The summed E-state index contributed by atoms with van der Waals surface area (Å²) in [4.78, 5) is 5.06. The average molecular weight is 284 g/mol. The molecular weight excluding hydrogens is 248 g/mol. The van der Waals surface area contributed by atoms with Crippen LogP contribution >= 0.6 is 0 Å². The van der Waals surface area contributed by atoms with Crippen molar-refractivity contribution in [2.24, 2.45) is 5.73 Å². The summed E-state index contributed by atoms with van der Waals surface area (Å²) in [6.07, 6.45) is 0. The summed E-state index contributed by atoms with van der Waals surface area (Å²) in [5.41, 5.74) is 6.33. The van der Waals surface area contributed by atoms with Crippen molar-refractivity contribution in [3.8, 4) is 0 Å². The van der Waals surface area contributed by atoms with E-state index in [1.165, 1.54) is 0 Å². The van der Waals surface area contributed by atoms with E-state index in [-0.39, 0.29) is 16.6 Å². The Balaban J connectivity index is 2.39. The molecular formula is C16H36N4. The minimum Gasteiger partial charge on any atom is -0.324 e. The van der Waals surface area contributed by atoms with Crippen LogP contribution in [-0.4, -0.2) is 65.7 Å². The van der Waals surface area contributed by atoms with Gasteiger partial charge in [-0.2, -0.15) is 0 Å². The van der Waals surface area contributed by atoms with Crippen LogP contribution in [0.15, 0.2) is 0 Å². The van der Waals surface area contributed by atoms with Crippen LogP contribution in [0.25, 0.3) is 0 Å².